The van der Waals surface area contributed by atoms with Crippen LogP contribution < -0.4 is 5.32 Å². The molecule has 2 amide bonds. The first-order valence-electron chi connectivity index (χ1n) is 5.92. The quantitative estimate of drug-likeness (QED) is 0.864. The number of ether oxygens (including phenoxy) is 1. The number of urea groups is 1. The summed E-state index contributed by atoms with van der Waals surface area (Å²) in [6, 6.07) is 1.23. The van der Waals surface area contributed by atoms with Gasteiger partial charge in [-0.3, -0.25) is 4.79 Å². The van der Waals surface area contributed by atoms with Crippen LogP contribution in [0.4, 0.5) is 4.79 Å². The van der Waals surface area contributed by atoms with Gasteiger partial charge < -0.3 is 20.1 Å². The molecule has 1 aromatic rings. The van der Waals surface area contributed by atoms with Gasteiger partial charge >= 0.3 is 12.0 Å². The summed E-state index contributed by atoms with van der Waals surface area (Å²) < 4.78 is 5.15. The SMILES string of the molecule is CN(C(=O)NCc1ccsc1)C1COCC1C(=O)O. The molecule has 2 N–H and O–H groups in total. The predicted molar refractivity (Wildman–Crippen MR) is 70.1 cm³/mol. The Morgan fingerprint density at radius 1 is 1.58 bits per heavy atom. The van der Waals surface area contributed by atoms with Crippen molar-refractivity contribution >= 4 is 23.3 Å². The number of carbonyl (C=O) groups is 2. The zero-order chi connectivity index (χ0) is 13.8. The van der Waals surface area contributed by atoms with Crippen LogP contribution in [0.3, 0.4) is 0 Å². The van der Waals surface area contributed by atoms with Crippen LogP contribution >= 0.6 is 11.3 Å². The summed E-state index contributed by atoms with van der Waals surface area (Å²) in [6.07, 6.45) is 0. The van der Waals surface area contributed by atoms with E-state index in [9.17, 15) is 9.59 Å². The fraction of sp³-hybridized carbons (Fsp3) is 0.500. The number of thiophene rings is 1. The van der Waals surface area contributed by atoms with E-state index in [2.05, 4.69) is 5.32 Å². The minimum absolute atomic E-state index is 0.155. The Morgan fingerprint density at radius 3 is 3.00 bits per heavy atom. The van der Waals surface area contributed by atoms with E-state index in [0.717, 1.165) is 5.56 Å². The highest BCUT2D eigenvalue weighted by Gasteiger charge is 2.38. The number of nitrogens with one attached hydrogen (secondary N) is 1. The summed E-state index contributed by atoms with van der Waals surface area (Å²) in [5, 5.41) is 15.7. The Bertz CT molecular complexity index is 449. The standard InChI is InChI=1S/C12H16N2O4S/c1-14(10-6-18-5-9(10)11(15)16)12(17)13-4-8-2-3-19-7-8/h2-3,7,9-10H,4-6H2,1H3,(H,13,17)(H,15,16). The first-order valence-corrected chi connectivity index (χ1v) is 6.86. The van der Waals surface area contributed by atoms with Crippen molar-refractivity contribution in [2.45, 2.75) is 12.6 Å². The van der Waals surface area contributed by atoms with Crippen molar-refractivity contribution in [2.75, 3.05) is 20.3 Å². The fourth-order valence-corrected chi connectivity index (χ4v) is 2.68. The smallest absolute Gasteiger partial charge is 0.317 e. The molecule has 6 nitrogen and oxygen atoms in total. The van der Waals surface area contributed by atoms with E-state index in [1.54, 1.807) is 18.4 Å². The Morgan fingerprint density at radius 2 is 2.37 bits per heavy atom. The largest absolute Gasteiger partial charge is 0.481 e. The summed E-state index contributed by atoms with van der Waals surface area (Å²) in [7, 11) is 1.60. The third-order valence-corrected chi connectivity index (χ3v) is 3.94. The maximum atomic E-state index is 12.0. The van der Waals surface area contributed by atoms with Gasteiger partial charge in [0.2, 0.25) is 0 Å². The molecular weight excluding hydrogens is 268 g/mol. The average Bonchev–Trinajstić information content (AvgIpc) is 3.05. The fourth-order valence-electron chi connectivity index (χ4n) is 2.01. The van der Waals surface area contributed by atoms with Crippen LogP contribution in [-0.4, -0.2) is 48.3 Å². The van der Waals surface area contributed by atoms with Crippen molar-refractivity contribution in [1.82, 2.24) is 10.2 Å². The lowest BCUT2D eigenvalue weighted by atomic mass is 10.0. The molecule has 0 spiro atoms. The van der Waals surface area contributed by atoms with Crippen molar-refractivity contribution in [1.29, 1.82) is 0 Å². The van der Waals surface area contributed by atoms with E-state index < -0.39 is 17.9 Å². The Labute approximate surface area is 115 Å². The van der Waals surface area contributed by atoms with Crippen LogP contribution in [0.15, 0.2) is 16.8 Å². The molecule has 0 aromatic carbocycles. The molecule has 2 atom stereocenters. The van der Waals surface area contributed by atoms with Crippen LogP contribution in [0.1, 0.15) is 5.56 Å². The molecule has 7 heteroatoms. The van der Waals surface area contributed by atoms with Crippen LogP contribution in [0.5, 0.6) is 0 Å². The number of aliphatic carboxylic acids is 1. The van der Waals surface area contributed by atoms with Gasteiger partial charge in [-0.2, -0.15) is 11.3 Å². The van der Waals surface area contributed by atoms with Crippen molar-refractivity contribution in [3.05, 3.63) is 22.4 Å². The van der Waals surface area contributed by atoms with Crippen LogP contribution in [0.2, 0.25) is 0 Å². The maximum Gasteiger partial charge on any atom is 0.317 e. The first kappa shape index (κ1) is 13.8. The topological polar surface area (TPSA) is 78.9 Å². The molecule has 1 saturated heterocycles. The number of amides is 2. The number of hydrogen-bond acceptors (Lipinski definition) is 4. The normalized spacial score (nSPS) is 22.2. The van der Waals surface area contributed by atoms with Gasteiger partial charge in [-0.25, -0.2) is 4.79 Å². The molecule has 1 fully saturated rings. The Hall–Kier alpha value is -1.60. The number of carboxylic acid groups (broad SMARTS) is 1. The molecule has 1 aliphatic rings. The summed E-state index contributed by atoms with van der Waals surface area (Å²) in [4.78, 5) is 24.4. The van der Waals surface area contributed by atoms with Gasteiger partial charge in [0.05, 0.1) is 19.3 Å². The van der Waals surface area contributed by atoms with Gasteiger partial charge in [-0.1, -0.05) is 0 Å². The molecule has 0 radical (unpaired) electrons. The molecule has 0 saturated carbocycles. The highest BCUT2D eigenvalue weighted by Crippen LogP contribution is 2.19. The minimum Gasteiger partial charge on any atom is -0.481 e. The summed E-state index contributed by atoms with van der Waals surface area (Å²) in [5.74, 6) is -1.59. The Balaban J connectivity index is 1.89. The third kappa shape index (κ3) is 3.24. The molecule has 2 heterocycles. The van der Waals surface area contributed by atoms with Crippen molar-refractivity contribution < 1.29 is 19.4 Å². The first-order chi connectivity index (χ1) is 9.09. The summed E-state index contributed by atoms with van der Waals surface area (Å²) >= 11 is 1.57. The number of likely N-dealkylation sites (N-methyl/N-ethyl adjacent to an activating group) is 1. The van der Waals surface area contributed by atoms with E-state index in [4.69, 9.17) is 9.84 Å². The maximum absolute atomic E-state index is 12.0. The molecular formula is C12H16N2O4S. The van der Waals surface area contributed by atoms with E-state index in [0.29, 0.717) is 6.54 Å². The van der Waals surface area contributed by atoms with Crippen LogP contribution in [0.25, 0.3) is 0 Å². The molecule has 2 rings (SSSR count). The highest BCUT2D eigenvalue weighted by molar-refractivity contribution is 7.07. The van der Waals surface area contributed by atoms with E-state index in [-0.39, 0.29) is 19.2 Å². The summed E-state index contributed by atoms with van der Waals surface area (Å²) in [5.41, 5.74) is 1.03. The predicted octanol–water partition coefficient (Wildman–Crippen LogP) is 0.989. The molecule has 0 bridgehead atoms. The number of carboxylic acids is 1. The van der Waals surface area contributed by atoms with Gasteiger partial charge in [0.1, 0.15) is 5.92 Å². The van der Waals surface area contributed by atoms with Crippen molar-refractivity contribution in [3.63, 3.8) is 0 Å². The molecule has 19 heavy (non-hydrogen) atoms. The number of nitrogens with zero attached hydrogens (tertiary/aromatic N) is 1. The lowest BCUT2D eigenvalue weighted by Gasteiger charge is -2.26. The lowest BCUT2D eigenvalue weighted by Crippen LogP contribution is -2.48. The molecule has 0 aliphatic carbocycles. The second-order valence-corrected chi connectivity index (χ2v) is 5.23. The Kier molecular flexibility index (Phi) is 4.39. The van der Waals surface area contributed by atoms with Gasteiger partial charge in [0.25, 0.3) is 0 Å². The van der Waals surface area contributed by atoms with Gasteiger partial charge in [0.15, 0.2) is 0 Å². The summed E-state index contributed by atoms with van der Waals surface area (Å²) in [6.45, 7) is 0.861. The minimum atomic E-state index is -0.931. The second-order valence-electron chi connectivity index (χ2n) is 4.45. The third-order valence-electron chi connectivity index (χ3n) is 3.21. The number of hydrogen-bond donors (Lipinski definition) is 2. The van der Waals surface area contributed by atoms with Crippen molar-refractivity contribution in [2.24, 2.45) is 5.92 Å². The lowest BCUT2D eigenvalue weighted by molar-refractivity contribution is -0.142. The van der Waals surface area contributed by atoms with Crippen molar-refractivity contribution in [3.8, 4) is 0 Å². The van der Waals surface area contributed by atoms with Gasteiger partial charge in [-0.15, -0.1) is 0 Å². The van der Waals surface area contributed by atoms with Gasteiger partial charge in [0, 0.05) is 13.6 Å². The van der Waals surface area contributed by atoms with Crippen LogP contribution in [-0.2, 0) is 16.1 Å². The number of rotatable bonds is 4. The van der Waals surface area contributed by atoms with Crippen LogP contribution in [0, 0.1) is 5.92 Å². The second kappa shape index (κ2) is 6.03. The zero-order valence-corrected chi connectivity index (χ0v) is 11.4. The highest BCUT2D eigenvalue weighted by atomic mass is 32.1. The van der Waals surface area contributed by atoms with E-state index in [1.807, 2.05) is 16.8 Å². The molecule has 1 aliphatic heterocycles. The zero-order valence-electron chi connectivity index (χ0n) is 10.5. The average molecular weight is 284 g/mol. The molecule has 104 valence electrons. The van der Waals surface area contributed by atoms with E-state index in [1.165, 1.54) is 4.90 Å². The van der Waals surface area contributed by atoms with Gasteiger partial charge in [-0.05, 0) is 22.4 Å². The number of carbonyl (C=O) groups excluding carboxylic acids is 1. The van der Waals surface area contributed by atoms with E-state index >= 15 is 0 Å². The molecule has 2 unspecified atom stereocenters. The molecule has 1 aromatic heterocycles. The monoisotopic (exact) mass is 284 g/mol.